The summed E-state index contributed by atoms with van der Waals surface area (Å²) in [6.07, 6.45) is -2.73. The summed E-state index contributed by atoms with van der Waals surface area (Å²) < 4.78 is 41.5. The van der Waals surface area contributed by atoms with Crippen LogP contribution in [-0.4, -0.2) is 35.3 Å². The molecule has 172 valence electrons. The number of carbonyl (C=O) groups is 1. The maximum Gasteiger partial charge on any atom is 0.453 e. The van der Waals surface area contributed by atoms with Crippen molar-refractivity contribution in [2.24, 2.45) is 0 Å². The number of hydrogen-bond donors (Lipinski definition) is 1. The molecule has 4 aromatic rings. The molecule has 0 aliphatic carbocycles. The van der Waals surface area contributed by atoms with Crippen molar-refractivity contribution >= 4 is 29.1 Å². The summed E-state index contributed by atoms with van der Waals surface area (Å²) in [5.41, 5.74) is 2.45. The van der Waals surface area contributed by atoms with Crippen LogP contribution in [0, 0.1) is 13.8 Å². The molecule has 3 aromatic heterocycles. The molecule has 0 bridgehead atoms. The zero-order valence-corrected chi connectivity index (χ0v) is 18.4. The van der Waals surface area contributed by atoms with Crippen LogP contribution in [0.4, 0.5) is 19.0 Å². The molecular formula is C21H19ClF3N7O. The summed E-state index contributed by atoms with van der Waals surface area (Å²) in [6.45, 7) is 3.68. The molecule has 4 rings (SSSR count). The van der Waals surface area contributed by atoms with Gasteiger partial charge in [0.1, 0.15) is 5.82 Å². The summed E-state index contributed by atoms with van der Waals surface area (Å²) in [5, 5.41) is 11.2. The lowest BCUT2D eigenvalue weighted by atomic mass is 10.1. The van der Waals surface area contributed by atoms with Gasteiger partial charge in [-0.05, 0) is 37.5 Å². The molecule has 3 heterocycles. The number of aromatic nitrogens is 6. The highest BCUT2D eigenvalue weighted by Gasteiger charge is 2.37. The van der Waals surface area contributed by atoms with Crippen molar-refractivity contribution in [3.63, 3.8) is 0 Å². The fourth-order valence-electron chi connectivity index (χ4n) is 3.49. The van der Waals surface area contributed by atoms with Gasteiger partial charge in [0.25, 0.3) is 11.6 Å². The third kappa shape index (κ3) is 4.82. The van der Waals surface area contributed by atoms with Crippen LogP contribution >= 0.6 is 11.6 Å². The van der Waals surface area contributed by atoms with Gasteiger partial charge in [-0.1, -0.05) is 29.8 Å². The van der Waals surface area contributed by atoms with Crippen molar-refractivity contribution in [3.8, 4) is 0 Å². The Morgan fingerprint density at radius 1 is 1.15 bits per heavy atom. The highest BCUT2D eigenvalue weighted by atomic mass is 35.5. The minimum Gasteiger partial charge on any atom is -0.311 e. The Balaban J connectivity index is 1.47. The third-order valence-electron chi connectivity index (χ3n) is 5.17. The number of anilines is 1. The topological polar surface area (TPSA) is 90.0 Å². The number of benzene rings is 1. The van der Waals surface area contributed by atoms with Crippen molar-refractivity contribution in [1.82, 2.24) is 29.4 Å². The number of rotatable bonds is 6. The molecule has 0 spiro atoms. The summed E-state index contributed by atoms with van der Waals surface area (Å²) >= 11 is 6.21. The van der Waals surface area contributed by atoms with E-state index >= 15 is 0 Å². The van der Waals surface area contributed by atoms with Crippen LogP contribution in [0.15, 0.2) is 36.5 Å². The van der Waals surface area contributed by atoms with Gasteiger partial charge in [-0.25, -0.2) is 14.2 Å². The van der Waals surface area contributed by atoms with Crippen LogP contribution in [-0.2, 0) is 23.9 Å². The minimum absolute atomic E-state index is 0.0902. The van der Waals surface area contributed by atoms with Gasteiger partial charge in [-0.2, -0.15) is 23.3 Å². The van der Waals surface area contributed by atoms with E-state index in [4.69, 9.17) is 11.6 Å². The van der Waals surface area contributed by atoms with Crippen LogP contribution in [0.1, 0.15) is 34.8 Å². The standard InChI is InChI=1S/C21H19ClF3N7O/c1-12-15(13(2)32-20(27-12)29-19(30-32)21(23,24)25)7-8-18(33)28-17-9-10-26-31(17)11-14-5-3-4-6-16(14)22/h3-6,9-10H,7-8,11H2,1-2H3,(H,28,33). The van der Waals surface area contributed by atoms with Gasteiger partial charge in [0.15, 0.2) is 0 Å². The average Bonchev–Trinajstić information content (AvgIpc) is 3.36. The first-order chi connectivity index (χ1) is 15.6. The molecule has 0 atom stereocenters. The van der Waals surface area contributed by atoms with E-state index in [1.165, 1.54) is 0 Å². The molecule has 1 N–H and O–H groups in total. The molecule has 0 saturated heterocycles. The zero-order valence-electron chi connectivity index (χ0n) is 17.7. The molecule has 1 amide bonds. The Morgan fingerprint density at radius 3 is 2.64 bits per heavy atom. The Morgan fingerprint density at radius 2 is 1.91 bits per heavy atom. The Bertz CT molecular complexity index is 1330. The predicted octanol–water partition coefficient (Wildman–Crippen LogP) is 4.23. The van der Waals surface area contributed by atoms with E-state index in [0.29, 0.717) is 34.3 Å². The predicted molar refractivity (Wildman–Crippen MR) is 115 cm³/mol. The average molecular weight is 478 g/mol. The van der Waals surface area contributed by atoms with E-state index in [-0.39, 0.29) is 24.5 Å². The molecule has 1 aromatic carbocycles. The number of carbonyl (C=O) groups excluding carboxylic acids is 1. The van der Waals surface area contributed by atoms with Gasteiger partial charge >= 0.3 is 6.18 Å². The number of nitrogens with one attached hydrogen (secondary N) is 1. The molecule has 12 heteroatoms. The highest BCUT2D eigenvalue weighted by molar-refractivity contribution is 6.31. The highest BCUT2D eigenvalue weighted by Crippen LogP contribution is 2.27. The molecule has 0 aliphatic heterocycles. The second-order valence-corrected chi connectivity index (χ2v) is 7.83. The SMILES string of the molecule is Cc1nc2nc(C(F)(F)F)nn2c(C)c1CCC(=O)Nc1ccnn1Cc1ccccc1Cl. The molecule has 0 fully saturated rings. The lowest BCUT2D eigenvalue weighted by molar-refractivity contribution is -0.144. The summed E-state index contributed by atoms with van der Waals surface area (Å²) in [4.78, 5) is 20.2. The Kier molecular flexibility index (Phi) is 6.07. The van der Waals surface area contributed by atoms with Crippen molar-refractivity contribution in [1.29, 1.82) is 0 Å². The number of alkyl halides is 3. The normalized spacial score (nSPS) is 11.8. The second-order valence-electron chi connectivity index (χ2n) is 7.42. The first kappa shape index (κ1) is 22.7. The smallest absolute Gasteiger partial charge is 0.311 e. The summed E-state index contributed by atoms with van der Waals surface area (Å²) in [6, 6.07) is 9.02. The maximum atomic E-state index is 13.0. The fraction of sp³-hybridized carbons (Fsp3) is 0.286. The van der Waals surface area contributed by atoms with Gasteiger partial charge in [-0.15, -0.1) is 5.10 Å². The monoisotopic (exact) mass is 477 g/mol. The minimum atomic E-state index is -4.67. The van der Waals surface area contributed by atoms with Crippen LogP contribution in [0.3, 0.4) is 0 Å². The quantitative estimate of drug-likeness (QED) is 0.449. The van der Waals surface area contributed by atoms with E-state index in [0.717, 1.165) is 10.1 Å². The fourth-order valence-corrected chi connectivity index (χ4v) is 3.68. The summed E-state index contributed by atoms with van der Waals surface area (Å²) in [5.74, 6) is -1.15. The number of nitrogens with zero attached hydrogens (tertiary/aromatic N) is 6. The van der Waals surface area contributed by atoms with Crippen molar-refractivity contribution < 1.29 is 18.0 Å². The number of halogens is 4. The van der Waals surface area contributed by atoms with Gasteiger partial charge < -0.3 is 5.32 Å². The zero-order chi connectivity index (χ0) is 23.8. The Labute approximate surface area is 191 Å². The van der Waals surface area contributed by atoms with Crippen LogP contribution in [0.2, 0.25) is 5.02 Å². The molecule has 0 saturated carbocycles. The second kappa shape index (κ2) is 8.81. The maximum absolute atomic E-state index is 13.0. The van der Waals surface area contributed by atoms with Gasteiger partial charge in [0.2, 0.25) is 5.91 Å². The molecule has 8 nitrogen and oxygen atoms in total. The van der Waals surface area contributed by atoms with Crippen LogP contribution in [0.5, 0.6) is 0 Å². The number of fused-ring (bicyclic) bond motifs is 1. The van der Waals surface area contributed by atoms with Gasteiger partial charge in [0, 0.05) is 28.9 Å². The lowest BCUT2D eigenvalue weighted by Crippen LogP contribution is -2.17. The first-order valence-electron chi connectivity index (χ1n) is 9.98. The van der Waals surface area contributed by atoms with E-state index in [2.05, 4.69) is 25.5 Å². The van der Waals surface area contributed by atoms with Crippen molar-refractivity contribution in [3.05, 3.63) is 69.9 Å². The first-order valence-corrected chi connectivity index (χ1v) is 10.4. The van der Waals surface area contributed by atoms with E-state index in [1.807, 2.05) is 18.2 Å². The van der Waals surface area contributed by atoms with E-state index < -0.39 is 12.0 Å². The Hall–Kier alpha value is -3.47. The van der Waals surface area contributed by atoms with E-state index in [1.54, 1.807) is 36.9 Å². The van der Waals surface area contributed by atoms with Crippen LogP contribution < -0.4 is 5.32 Å². The van der Waals surface area contributed by atoms with Gasteiger partial charge in [0.05, 0.1) is 12.7 Å². The lowest BCUT2D eigenvalue weighted by Gasteiger charge is -2.12. The molecular weight excluding hydrogens is 459 g/mol. The van der Waals surface area contributed by atoms with Gasteiger partial charge in [-0.3, -0.25) is 4.79 Å². The number of amides is 1. The molecule has 0 unspecified atom stereocenters. The van der Waals surface area contributed by atoms with Crippen LogP contribution in [0.25, 0.3) is 5.78 Å². The summed E-state index contributed by atoms with van der Waals surface area (Å²) in [7, 11) is 0. The third-order valence-corrected chi connectivity index (χ3v) is 5.54. The van der Waals surface area contributed by atoms with E-state index in [9.17, 15) is 18.0 Å². The number of aryl methyl sites for hydroxylation is 2. The molecule has 0 radical (unpaired) electrons. The molecule has 0 aliphatic rings. The van der Waals surface area contributed by atoms with Crippen molar-refractivity contribution in [2.75, 3.05) is 5.32 Å². The number of hydrogen-bond acceptors (Lipinski definition) is 5. The van der Waals surface area contributed by atoms with Crippen molar-refractivity contribution in [2.45, 2.75) is 39.4 Å². The largest absolute Gasteiger partial charge is 0.453 e. The molecule has 33 heavy (non-hydrogen) atoms.